The molecule has 2 rings (SSSR count). The molecule has 2 aliphatic rings. The van der Waals surface area contributed by atoms with Crippen molar-refractivity contribution in [2.45, 2.75) is 64.5 Å². The molecule has 7 heteroatoms. The summed E-state index contributed by atoms with van der Waals surface area (Å²) in [4.78, 5) is 10.7. The summed E-state index contributed by atoms with van der Waals surface area (Å²) in [5.74, 6) is -1.76. The third kappa shape index (κ3) is 5.77. The van der Waals surface area contributed by atoms with E-state index in [1.165, 1.54) is 24.8 Å². The first-order chi connectivity index (χ1) is 11.4. The molecular formula is C17H25F3O4. The molecule has 0 N–H and O–H groups in total. The largest absolute Gasteiger partial charge is 0.491 e. The predicted octanol–water partition coefficient (Wildman–Crippen LogP) is 4.35. The second-order valence-corrected chi connectivity index (χ2v) is 6.47. The number of rotatable bonds is 6. The molecule has 0 saturated carbocycles. The van der Waals surface area contributed by atoms with Gasteiger partial charge in [-0.1, -0.05) is 31.4 Å². The first-order valence-electron chi connectivity index (χ1n) is 8.59. The summed E-state index contributed by atoms with van der Waals surface area (Å²) in [6.45, 7) is 1.13. The maximum Gasteiger partial charge on any atom is 0.491 e. The van der Waals surface area contributed by atoms with Crippen molar-refractivity contribution < 1.29 is 32.2 Å². The third-order valence-corrected chi connectivity index (χ3v) is 4.64. The van der Waals surface area contributed by atoms with Crippen LogP contribution in [-0.2, 0) is 19.0 Å². The first kappa shape index (κ1) is 19.2. The maximum atomic E-state index is 12.1. The topological polar surface area (TPSA) is 44.8 Å². The van der Waals surface area contributed by atoms with Gasteiger partial charge in [0.1, 0.15) is 0 Å². The van der Waals surface area contributed by atoms with Crippen LogP contribution in [0.3, 0.4) is 0 Å². The van der Waals surface area contributed by atoms with Crippen molar-refractivity contribution in [3.05, 3.63) is 11.6 Å². The highest BCUT2D eigenvalue weighted by Gasteiger charge is 2.43. The van der Waals surface area contributed by atoms with Gasteiger partial charge >= 0.3 is 18.6 Å². The van der Waals surface area contributed by atoms with Gasteiger partial charge in [-0.15, -0.1) is 0 Å². The Balaban J connectivity index is 1.71. The van der Waals surface area contributed by atoms with Crippen LogP contribution in [0.1, 0.15) is 51.9 Å². The van der Waals surface area contributed by atoms with Crippen LogP contribution in [0.25, 0.3) is 0 Å². The zero-order valence-electron chi connectivity index (χ0n) is 13.9. The molecule has 0 radical (unpaired) electrons. The third-order valence-electron chi connectivity index (χ3n) is 4.64. The number of unbranched alkanes of at least 4 members (excludes halogenated alkanes) is 2. The molecule has 1 unspecified atom stereocenters. The molecule has 1 fully saturated rings. The van der Waals surface area contributed by atoms with Crippen LogP contribution in [0.5, 0.6) is 0 Å². The van der Waals surface area contributed by atoms with Gasteiger partial charge in [-0.05, 0) is 38.0 Å². The number of hydrogen-bond donors (Lipinski definition) is 0. The van der Waals surface area contributed by atoms with Gasteiger partial charge in [0.2, 0.25) is 0 Å². The predicted molar refractivity (Wildman–Crippen MR) is 80.9 cm³/mol. The molecular weight excluding hydrogens is 325 g/mol. The van der Waals surface area contributed by atoms with E-state index in [1.807, 2.05) is 0 Å². The molecule has 0 bridgehead atoms. The normalized spacial score (nSPS) is 28.3. The molecule has 138 valence electrons. The lowest BCUT2D eigenvalue weighted by atomic mass is 9.80. The summed E-state index contributed by atoms with van der Waals surface area (Å²) < 4.78 is 50.8. The van der Waals surface area contributed by atoms with Gasteiger partial charge in [0.25, 0.3) is 0 Å². The molecule has 24 heavy (non-hydrogen) atoms. The highest BCUT2D eigenvalue weighted by atomic mass is 19.4. The monoisotopic (exact) mass is 350 g/mol. The van der Waals surface area contributed by atoms with Gasteiger partial charge in [0, 0.05) is 5.92 Å². The summed E-state index contributed by atoms with van der Waals surface area (Å²) in [6, 6.07) is 0. The van der Waals surface area contributed by atoms with Crippen LogP contribution < -0.4 is 0 Å². The molecule has 1 atom stereocenters. The van der Waals surface area contributed by atoms with E-state index in [0.717, 1.165) is 25.7 Å². The van der Waals surface area contributed by atoms with Crippen molar-refractivity contribution in [3.63, 3.8) is 0 Å². The average Bonchev–Trinajstić information content (AvgIpc) is 2.56. The van der Waals surface area contributed by atoms with E-state index in [-0.39, 0.29) is 19.1 Å². The fourth-order valence-electron chi connectivity index (χ4n) is 3.16. The fourth-order valence-corrected chi connectivity index (χ4v) is 3.16. The zero-order valence-corrected chi connectivity index (χ0v) is 13.9. The van der Waals surface area contributed by atoms with Crippen LogP contribution >= 0.6 is 0 Å². The number of esters is 1. The summed E-state index contributed by atoms with van der Waals surface area (Å²) in [5.41, 5.74) is 1.51. The maximum absolute atomic E-state index is 12.1. The van der Waals surface area contributed by atoms with Crippen molar-refractivity contribution in [1.29, 1.82) is 0 Å². The lowest BCUT2D eigenvalue weighted by Crippen LogP contribution is -2.40. The van der Waals surface area contributed by atoms with E-state index >= 15 is 0 Å². The minimum absolute atomic E-state index is 0.124. The zero-order chi connectivity index (χ0) is 17.6. The second-order valence-electron chi connectivity index (χ2n) is 6.47. The quantitative estimate of drug-likeness (QED) is 0.406. The SMILES string of the molecule is CCCCCC1=CCC(C2COC(OC(=O)C(F)(F)F)OC2)CC1. The molecule has 0 amide bonds. The number of carbonyl (C=O) groups is 1. The second kappa shape index (κ2) is 8.85. The number of alkyl halides is 3. The minimum atomic E-state index is -5.04. The molecule has 1 aliphatic heterocycles. The molecule has 0 aromatic carbocycles. The molecule has 0 aromatic heterocycles. The van der Waals surface area contributed by atoms with Crippen LogP contribution in [-0.4, -0.2) is 31.8 Å². The Bertz CT molecular complexity index is 440. The van der Waals surface area contributed by atoms with E-state index in [2.05, 4.69) is 17.7 Å². The van der Waals surface area contributed by atoms with Gasteiger partial charge in [0.05, 0.1) is 13.2 Å². The highest BCUT2D eigenvalue weighted by molar-refractivity contribution is 5.75. The van der Waals surface area contributed by atoms with Gasteiger partial charge in [0.15, 0.2) is 0 Å². The molecule has 0 aromatic rings. The number of ether oxygens (including phenoxy) is 3. The van der Waals surface area contributed by atoms with Crippen molar-refractivity contribution in [2.24, 2.45) is 11.8 Å². The fraction of sp³-hybridized carbons (Fsp3) is 0.824. The van der Waals surface area contributed by atoms with E-state index in [1.54, 1.807) is 0 Å². The van der Waals surface area contributed by atoms with Crippen molar-refractivity contribution in [2.75, 3.05) is 13.2 Å². The number of carbonyl (C=O) groups excluding carboxylic acids is 1. The van der Waals surface area contributed by atoms with Gasteiger partial charge < -0.3 is 14.2 Å². The van der Waals surface area contributed by atoms with E-state index in [0.29, 0.717) is 5.92 Å². The summed E-state index contributed by atoms with van der Waals surface area (Å²) in [5, 5.41) is 0. The standard InChI is InChI=1S/C17H25F3O4/c1-2-3-4-5-12-6-8-13(9-7-12)14-10-22-16(23-11-14)24-15(21)17(18,19)20/h6,13-14,16H,2-5,7-11H2,1H3. The highest BCUT2D eigenvalue weighted by Crippen LogP contribution is 2.34. The molecule has 1 aliphatic carbocycles. The number of halogens is 3. The minimum Gasteiger partial charge on any atom is -0.404 e. The molecule has 1 heterocycles. The Morgan fingerprint density at radius 3 is 2.50 bits per heavy atom. The summed E-state index contributed by atoms with van der Waals surface area (Å²) in [7, 11) is 0. The Hall–Kier alpha value is -1.08. The number of hydrogen-bond acceptors (Lipinski definition) is 4. The molecule has 0 spiro atoms. The Labute approximate surface area is 140 Å². The smallest absolute Gasteiger partial charge is 0.404 e. The Morgan fingerprint density at radius 1 is 1.25 bits per heavy atom. The molecule has 1 saturated heterocycles. The first-order valence-corrected chi connectivity index (χ1v) is 8.59. The van der Waals surface area contributed by atoms with E-state index < -0.39 is 18.6 Å². The van der Waals surface area contributed by atoms with Gasteiger partial charge in [-0.3, -0.25) is 0 Å². The van der Waals surface area contributed by atoms with E-state index in [9.17, 15) is 18.0 Å². The van der Waals surface area contributed by atoms with Crippen molar-refractivity contribution in [1.82, 2.24) is 0 Å². The Kier molecular flexibility index (Phi) is 7.10. The summed E-state index contributed by atoms with van der Waals surface area (Å²) in [6.07, 6.45) is 5.18. The number of allylic oxidation sites excluding steroid dienone is 2. The van der Waals surface area contributed by atoms with Gasteiger partial charge in [-0.25, -0.2) is 4.79 Å². The lowest BCUT2D eigenvalue weighted by Gasteiger charge is -2.35. The van der Waals surface area contributed by atoms with Crippen LogP contribution in [0.15, 0.2) is 11.6 Å². The molecule has 4 nitrogen and oxygen atoms in total. The van der Waals surface area contributed by atoms with Crippen LogP contribution in [0, 0.1) is 11.8 Å². The van der Waals surface area contributed by atoms with Gasteiger partial charge in [-0.2, -0.15) is 13.2 Å². The van der Waals surface area contributed by atoms with Crippen molar-refractivity contribution in [3.8, 4) is 0 Å². The lowest BCUT2D eigenvalue weighted by molar-refractivity contribution is -0.323. The summed E-state index contributed by atoms with van der Waals surface area (Å²) >= 11 is 0. The Morgan fingerprint density at radius 2 is 1.96 bits per heavy atom. The average molecular weight is 350 g/mol. The van der Waals surface area contributed by atoms with Crippen molar-refractivity contribution >= 4 is 5.97 Å². The van der Waals surface area contributed by atoms with Crippen LogP contribution in [0.2, 0.25) is 0 Å². The van der Waals surface area contributed by atoms with E-state index in [4.69, 9.17) is 9.47 Å². The van der Waals surface area contributed by atoms with Crippen LogP contribution in [0.4, 0.5) is 13.2 Å².